The van der Waals surface area contributed by atoms with Gasteiger partial charge in [0.25, 0.3) is 0 Å². The van der Waals surface area contributed by atoms with Crippen LogP contribution in [0.15, 0.2) is 285 Å². The molecule has 0 amide bonds. The van der Waals surface area contributed by atoms with Crippen molar-refractivity contribution in [2.45, 2.75) is 5.41 Å². The fourth-order valence-electron chi connectivity index (χ4n) is 11.4. The molecular weight excluding hydrogens is 843 g/mol. The Balaban J connectivity index is 1.07. The molecule has 0 fully saturated rings. The lowest BCUT2D eigenvalue weighted by Crippen LogP contribution is -2.28. The first-order valence-electron chi connectivity index (χ1n) is 24.2. The second kappa shape index (κ2) is 17.2. The second-order valence-corrected chi connectivity index (χ2v) is 18.4. The van der Waals surface area contributed by atoms with Gasteiger partial charge in [-0.1, -0.05) is 243 Å². The smallest absolute Gasteiger partial charge is 0.0713 e. The highest BCUT2D eigenvalue weighted by atomic mass is 15.1. The van der Waals surface area contributed by atoms with E-state index in [0.29, 0.717) is 0 Å². The van der Waals surface area contributed by atoms with E-state index >= 15 is 0 Å². The van der Waals surface area contributed by atoms with Crippen molar-refractivity contribution in [1.82, 2.24) is 0 Å². The highest BCUT2D eigenvalue weighted by molar-refractivity contribution is 6.22. The van der Waals surface area contributed by atoms with Crippen LogP contribution in [0.25, 0.3) is 77.2 Å². The largest absolute Gasteiger partial charge is 0.309 e. The monoisotopic (exact) mass is 889 g/mol. The molecule has 0 unspecified atom stereocenters. The molecule has 1 aliphatic carbocycles. The van der Waals surface area contributed by atoms with Gasteiger partial charge in [-0.05, 0) is 131 Å². The first-order valence-corrected chi connectivity index (χ1v) is 24.2. The third-order valence-corrected chi connectivity index (χ3v) is 14.5. The molecule has 1 nitrogen and oxygen atoms in total. The molecule has 0 aromatic heterocycles. The number of fused-ring (bicyclic) bond motifs is 6. The van der Waals surface area contributed by atoms with Crippen LogP contribution in [-0.4, -0.2) is 0 Å². The van der Waals surface area contributed by atoms with Crippen LogP contribution in [0.1, 0.15) is 22.3 Å². The van der Waals surface area contributed by atoms with Crippen LogP contribution in [0.3, 0.4) is 0 Å². The molecule has 12 aromatic carbocycles. The summed E-state index contributed by atoms with van der Waals surface area (Å²) in [6.07, 6.45) is 0. The van der Waals surface area contributed by atoms with Crippen molar-refractivity contribution < 1.29 is 0 Å². The second-order valence-electron chi connectivity index (χ2n) is 18.4. The summed E-state index contributed by atoms with van der Waals surface area (Å²) in [7, 11) is 0. The van der Waals surface area contributed by atoms with E-state index in [1.807, 2.05) is 0 Å². The van der Waals surface area contributed by atoms with Crippen molar-refractivity contribution >= 4 is 38.6 Å². The van der Waals surface area contributed by atoms with E-state index in [-0.39, 0.29) is 0 Å². The number of anilines is 3. The van der Waals surface area contributed by atoms with Crippen LogP contribution < -0.4 is 4.90 Å². The summed E-state index contributed by atoms with van der Waals surface area (Å²) in [5.41, 5.74) is 19.9. The van der Waals surface area contributed by atoms with E-state index in [0.717, 1.165) is 22.6 Å². The summed E-state index contributed by atoms with van der Waals surface area (Å²) in [4.78, 5) is 2.53. The molecule has 0 bridgehead atoms. The van der Waals surface area contributed by atoms with Gasteiger partial charge in [0.05, 0.1) is 11.1 Å². The van der Waals surface area contributed by atoms with Crippen LogP contribution in [0.2, 0.25) is 0 Å². The highest BCUT2D eigenvalue weighted by Gasteiger charge is 2.46. The molecular formula is C69H47N. The lowest BCUT2D eigenvalue weighted by atomic mass is 9.68. The van der Waals surface area contributed by atoms with Crippen molar-refractivity contribution in [2.75, 3.05) is 4.90 Å². The number of benzene rings is 12. The molecule has 13 rings (SSSR count). The van der Waals surface area contributed by atoms with Crippen LogP contribution in [0.5, 0.6) is 0 Å². The Morgan fingerprint density at radius 1 is 0.243 bits per heavy atom. The molecule has 0 atom stereocenters. The minimum atomic E-state index is -0.503. The Morgan fingerprint density at radius 3 is 1.20 bits per heavy atom. The zero-order valence-corrected chi connectivity index (χ0v) is 38.6. The number of rotatable bonds is 9. The lowest BCUT2D eigenvalue weighted by molar-refractivity contribution is 0.768. The average Bonchev–Trinajstić information content (AvgIpc) is 3.75. The zero-order valence-electron chi connectivity index (χ0n) is 38.6. The van der Waals surface area contributed by atoms with Crippen molar-refractivity contribution in [3.63, 3.8) is 0 Å². The van der Waals surface area contributed by atoms with Gasteiger partial charge >= 0.3 is 0 Å². The summed E-state index contributed by atoms with van der Waals surface area (Å²) in [5, 5.41) is 4.87. The maximum atomic E-state index is 2.53. The van der Waals surface area contributed by atoms with E-state index in [4.69, 9.17) is 0 Å². The molecule has 12 aromatic rings. The number of hydrogen-bond acceptors (Lipinski definition) is 1. The quantitative estimate of drug-likeness (QED) is 0.131. The Kier molecular flexibility index (Phi) is 10.1. The molecule has 0 saturated heterocycles. The van der Waals surface area contributed by atoms with Gasteiger partial charge in [0, 0.05) is 22.3 Å². The number of hydrogen-bond donors (Lipinski definition) is 0. The minimum Gasteiger partial charge on any atom is -0.309 e. The van der Waals surface area contributed by atoms with E-state index < -0.39 is 5.41 Å². The summed E-state index contributed by atoms with van der Waals surface area (Å²) >= 11 is 0. The van der Waals surface area contributed by atoms with Gasteiger partial charge in [-0.15, -0.1) is 0 Å². The Labute approximate surface area is 409 Å². The average molecular weight is 890 g/mol. The molecule has 0 spiro atoms. The zero-order chi connectivity index (χ0) is 46.4. The predicted molar refractivity (Wildman–Crippen MR) is 295 cm³/mol. The minimum absolute atomic E-state index is 0.503. The topological polar surface area (TPSA) is 3.24 Å². The first kappa shape index (κ1) is 41.2. The van der Waals surface area contributed by atoms with Crippen LogP contribution in [0.4, 0.5) is 17.1 Å². The maximum Gasteiger partial charge on any atom is 0.0713 e. The van der Waals surface area contributed by atoms with Gasteiger partial charge in [0.2, 0.25) is 0 Å². The van der Waals surface area contributed by atoms with Crippen molar-refractivity contribution in [2.24, 2.45) is 0 Å². The molecule has 0 radical (unpaired) electrons. The van der Waals surface area contributed by atoms with Crippen molar-refractivity contribution in [3.05, 3.63) is 307 Å². The Morgan fingerprint density at radius 2 is 0.643 bits per heavy atom. The third kappa shape index (κ3) is 6.78. The number of nitrogens with zero attached hydrogens (tertiary/aromatic N) is 1. The van der Waals surface area contributed by atoms with E-state index in [1.54, 1.807) is 0 Å². The molecule has 70 heavy (non-hydrogen) atoms. The first-order chi connectivity index (χ1) is 34.7. The molecule has 1 aliphatic rings. The molecule has 1 heteroatoms. The van der Waals surface area contributed by atoms with Crippen LogP contribution in [-0.2, 0) is 5.41 Å². The standard InChI is InChI=1S/C69H47N/c1-6-22-48(23-7-1)52-44-53(49-24-8-2-9-25-49)46-54(45-52)50-38-40-57(41-39-50)70(68-63-36-19-17-33-60(63)59-32-16-18-35-62(59)67(68)51-26-10-3-11-27-51)58-42-43-66-64(47-58)61-34-20-21-37-65(61)69(66,55-28-12-4-13-29-55)56-30-14-5-15-31-56/h1-47H. The summed E-state index contributed by atoms with van der Waals surface area (Å²) < 4.78 is 0. The summed E-state index contributed by atoms with van der Waals surface area (Å²) in [5.74, 6) is 0. The van der Waals surface area contributed by atoms with Crippen molar-refractivity contribution in [1.29, 1.82) is 0 Å². The van der Waals surface area contributed by atoms with Gasteiger partial charge in [-0.25, -0.2) is 0 Å². The normalized spacial score (nSPS) is 12.4. The fourth-order valence-corrected chi connectivity index (χ4v) is 11.4. The van der Waals surface area contributed by atoms with Crippen LogP contribution >= 0.6 is 0 Å². The van der Waals surface area contributed by atoms with Gasteiger partial charge in [-0.3, -0.25) is 0 Å². The highest BCUT2D eigenvalue weighted by Crippen LogP contribution is 2.58. The van der Waals surface area contributed by atoms with E-state index in [9.17, 15) is 0 Å². The fraction of sp³-hybridized carbons (Fsp3) is 0.0145. The van der Waals surface area contributed by atoms with Gasteiger partial charge in [-0.2, -0.15) is 0 Å². The molecule has 328 valence electrons. The van der Waals surface area contributed by atoms with Crippen LogP contribution in [0, 0.1) is 0 Å². The summed E-state index contributed by atoms with van der Waals surface area (Å²) in [6, 6.07) is 105. The molecule has 0 N–H and O–H groups in total. The molecule has 0 saturated carbocycles. The Bertz CT molecular complexity index is 3750. The van der Waals surface area contributed by atoms with E-state index in [2.05, 4.69) is 290 Å². The van der Waals surface area contributed by atoms with Crippen molar-refractivity contribution in [3.8, 4) is 55.6 Å². The summed E-state index contributed by atoms with van der Waals surface area (Å²) in [6.45, 7) is 0. The third-order valence-electron chi connectivity index (χ3n) is 14.5. The molecule has 0 heterocycles. The van der Waals surface area contributed by atoms with Gasteiger partial charge in [0.15, 0.2) is 0 Å². The lowest BCUT2D eigenvalue weighted by Gasteiger charge is -2.34. The predicted octanol–water partition coefficient (Wildman–Crippen LogP) is 18.5. The van der Waals surface area contributed by atoms with Gasteiger partial charge < -0.3 is 4.90 Å². The molecule has 0 aliphatic heterocycles. The Hall–Kier alpha value is -9.04. The SMILES string of the molecule is c1ccc(-c2cc(-c3ccccc3)cc(-c3ccc(N(c4ccc5c(c4)-c4ccccc4C5(c4ccccc4)c4ccccc4)c4c(-c5ccccc5)c5ccccc5c5ccccc45)cc3)c2)cc1. The van der Waals surface area contributed by atoms with E-state index in [1.165, 1.54) is 93.9 Å². The van der Waals surface area contributed by atoms with Gasteiger partial charge in [0.1, 0.15) is 0 Å². The maximum absolute atomic E-state index is 2.53.